The van der Waals surface area contributed by atoms with Crippen LogP contribution in [0.2, 0.25) is 0 Å². The van der Waals surface area contributed by atoms with Crippen molar-refractivity contribution in [2.75, 3.05) is 12.8 Å². The second kappa shape index (κ2) is 6.43. The van der Waals surface area contributed by atoms with E-state index in [0.29, 0.717) is 5.37 Å². The van der Waals surface area contributed by atoms with Crippen molar-refractivity contribution in [2.24, 2.45) is 0 Å². The maximum absolute atomic E-state index is 3.40. The molecule has 0 aliphatic carbocycles. The highest BCUT2D eigenvalue weighted by Gasteiger charge is 2.00. The van der Waals surface area contributed by atoms with Crippen LogP contribution in [-0.2, 0) is 0 Å². The molecule has 0 aromatic rings. The van der Waals surface area contributed by atoms with Crippen LogP contribution >= 0.6 is 11.8 Å². The molecule has 1 atom stereocenters. The Kier molecular flexibility index (Phi) is 6.65. The van der Waals surface area contributed by atoms with E-state index < -0.39 is 0 Å². The monoisotopic (exact) mass is 147 g/mol. The summed E-state index contributed by atoms with van der Waals surface area (Å²) in [6, 6.07) is 0. The third kappa shape index (κ3) is 4.79. The Balaban J connectivity index is 3.18. The Labute approximate surface area is 62.6 Å². The molecule has 1 nitrogen and oxygen atoms in total. The van der Waals surface area contributed by atoms with Crippen molar-refractivity contribution in [3.63, 3.8) is 0 Å². The van der Waals surface area contributed by atoms with Gasteiger partial charge in [0.25, 0.3) is 0 Å². The Hall–Kier alpha value is 0.310. The molecule has 0 heterocycles. The van der Waals surface area contributed by atoms with Crippen molar-refractivity contribution in [2.45, 2.75) is 32.1 Å². The minimum absolute atomic E-state index is 0.681. The molecule has 0 saturated carbocycles. The molecule has 1 unspecified atom stereocenters. The fourth-order valence-electron chi connectivity index (χ4n) is 0.793. The largest absolute Gasteiger partial charge is 0.306 e. The topological polar surface area (TPSA) is 12.0 Å². The molecule has 0 spiro atoms. The summed E-state index contributed by atoms with van der Waals surface area (Å²) in [5.74, 6) is 0. The van der Waals surface area contributed by atoms with Crippen molar-refractivity contribution in [1.29, 1.82) is 0 Å². The first-order chi connectivity index (χ1) is 4.35. The van der Waals surface area contributed by atoms with Gasteiger partial charge in [0, 0.05) is 0 Å². The van der Waals surface area contributed by atoms with Gasteiger partial charge in [-0.3, -0.25) is 0 Å². The smallest absolute Gasteiger partial charge is 0.0529 e. The predicted molar refractivity (Wildman–Crippen MR) is 45.9 cm³/mol. The standard InChI is InChI=1S/C7H17NS/c1-4-6-7(9-3)8-5-2/h7-8H,4-6H2,1-3H3. The molecule has 0 bridgehead atoms. The van der Waals surface area contributed by atoms with E-state index in [1.54, 1.807) is 0 Å². The molecular formula is C7H17NS. The first-order valence-corrected chi connectivity index (χ1v) is 4.90. The molecule has 0 saturated heterocycles. The molecule has 0 aromatic heterocycles. The fraction of sp³-hybridized carbons (Fsp3) is 1.00. The van der Waals surface area contributed by atoms with Gasteiger partial charge in [0.2, 0.25) is 0 Å². The zero-order valence-corrected chi connectivity index (χ0v) is 7.42. The molecule has 0 rings (SSSR count). The Morgan fingerprint density at radius 1 is 1.44 bits per heavy atom. The van der Waals surface area contributed by atoms with Crippen LogP contribution in [0.4, 0.5) is 0 Å². The average molecular weight is 147 g/mol. The number of nitrogens with one attached hydrogen (secondary N) is 1. The van der Waals surface area contributed by atoms with Crippen molar-refractivity contribution < 1.29 is 0 Å². The van der Waals surface area contributed by atoms with Crippen LogP contribution in [0, 0.1) is 0 Å². The molecule has 0 aromatic carbocycles. The number of hydrogen-bond donors (Lipinski definition) is 1. The van der Waals surface area contributed by atoms with Gasteiger partial charge in [0.15, 0.2) is 0 Å². The van der Waals surface area contributed by atoms with Crippen LogP contribution in [0.25, 0.3) is 0 Å². The molecule has 0 radical (unpaired) electrons. The van der Waals surface area contributed by atoms with Gasteiger partial charge in [-0.15, -0.1) is 11.8 Å². The normalized spacial score (nSPS) is 13.7. The van der Waals surface area contributed by atoms with Crippen molar-refractivity contribution in [1.82, 2.24) is 5.32 Å². The number of rotatable bonds is 5. The summed E-state index contributed by atoms with van der Waals surface area (Å²) in [7, 11) is 0. The van der Waals surface area contributed by atoms with E-state index in [0.717, 1.165) is 6.54 Å². The van der Waals surface area contributed by atoms with Gasteiger partial charge in [-0.1, -0.05) is 20.3 Å². The van der Waals surface area contributed by atoms with Crippen LogP contribution in [0.3, 0.4) is 0 Å². The predicted octanol–water partition coefficient (Wildman–Crippen LogP) is 2.09. The zero-order valence-electron chi connectivity index (χ0n) is 6.61. The van der Waals surface area contributed by atoms with E-state index in [1.807, 2.05) is 11.8 Å². The van der Waals surface area contributed by atoms with Crippen molar-refractivity contribution >= 4 is 11.8 Å². The minimum Gasteiger partial charge on any atom is -0.306 e. The first-order valence-electron chi connectivity index (χ1n) is 3.61. The lowest BCUT2D eigenvalue weighted by Crippen LogP contribution is -2.24. The lowest BCUT2D eigenvalue weighted by Gasteiger charge is -2.12. The maximum atomic E-state index is 3.40. The summed E-state index contributed by atoms with van der Waals surface area (Å²) in [5.41, 5.74) is 0. The van der Waals surface area contributed by atoms with Gasteiger partial charge >= 0.3 is 0 Å². The number of hydrogen-bond acceptors (Lipinski definition) is 2. The second-order valence-corrected chi connectivity index (χ2v) is 3.11. The van der Waals surface area contributed by atoms with Crippen LogP contribution in [0.15, 0.2) is 0 Å². The second-order valence-electron chi connectivity index (χ2n) is 2.07. The van der Waals surface area contributed by atoms with Gasteiger partial charge in [-0.2, -0.15) is 0 Å². The van der Waals surface area contributed by atoms with E-state index in [1.165, 1.54) is 12.8 Å². The molecule has 0 aliphatic rings. The Morgan fingerprint density at radius 3 is 2.44 bits per heavy atom. The summed E-state index contributed by atoms with van der Waals surface area (Å²) >= 11 is 1.91. The zero-order chi connectivity index (χ0) is 7.11. The summed E-state index contributed by atoms with van der Waals surface area (Å²) in [6.07, 6.45) is 4.72. The van der Waals surface area contributed by atoms with E-state index in [2.05, 4.69) is 25.4 Å². The third-order valence-corrected chi connectivity index (χ3v) is 2.24. The third-order valence-electron chi connectivity index (χ3n) is 1.27. The van der Waals surface area contributed by atoms with E-state index in [-0.39, 0.29) is 0 Å². The van der Waals surface area contributed by atoms with Gasteiger partial charge < -0.3 is 5.32 Å². The highest BCUT2D eigenvalue weighted by molar-refractivity contribution is 7.99. The lowest BCUT2D eigenvalue weighted by molar-refractivity contribution is 0.622. The Morgan fingerprint density at radius 2 is 2.11 bits per heavy atom. The van der Waals surface area contributed by atoms with Crippen LogP contribution in [-0.4, -0.2) is 18.2 Å². The molecular weight excluding hydrogens is 130 g/mol. The molecule has 9 heavy (non-hydrogen) atoms. The molecule has 56 valence electrons. The highest BCUT2D eigenvalue weighted by Crippen LogP contribution is 2.08. The first kappa shape index (κ1) is 9.31. The average Bonchev–Trinajstić information content (AvgIpc) is 1.88. The van der Waals surface area contributed by atoms with Crippen LogP contribution in [0.1, 0.15) is 26.7 Å². The Bertz CT molecular complexity index is 50.9. The van der Waals surface area contributed by atoms with Crippen LogP contribution in [0.5, 0.6) is 0 Å². The quantitative estimate of drug-likeness (QED) is 0.598. The fourth-order valence-corrected chi connectivity index (χ4v) is 1.60. The lowest BCUT2D eigenvalue weighted by atomic mass is 10.3. The van der Waals surface area contributed by atoms with Crippen molar-refractivity contribution in [3.8, 4) is 0 Å². The molecule has 0 fully saturated rings. The van der Waals surface area contributed by atoms with E-state index >= 15 is 0 Å². The molecule has 0 amide bonds. The summed E-state index contributed by atoms with van der Waals surface area (Å²) in [4.78, 5) is 0. The van der Waals surface area contributed by atoms with E-state index in [4.69, 9.17) is 0 Å². The minimum atomic E-state index is 0.681. The van der Waals surface area contributed by atoms with Crippen molar-refractivity contribution in [3.05, 3.63) is 0 Å². The van der Waals surface area contributed by atoms with Gasteiger partial charge in [-0.25, -0.2) is 0 Å². The van der Waals surface area contributed by atoms with E-state index in [9.17, 15) is 0 Å². The maximum Gasteiger partial charge on any atom is 0.0529 e. The number of thioether (sulfide) groups is 1. The van der Waals surface area contributed by atoms with Gasteiger partial charge in [0.1, 0.15) is 0 Å². The summed E-state index contributed by atoms with van der Waals surface area (Å²) < 4.78 is 0. The van der Waals surface area contributed by atoms with Crippen LogP contribution < -0.4 is 5.32 Å². The molecule has 2 heteroatoms. The molecule has 1 N–H and O–H groups in total. The highest BCUT2D eigenvalue weighted by atomic mass is 32.2. The van der Waals surface area contributed by atoms with Gasteiger partial charge in [0.05, 0.1) is 5.37 Å². The SMILES string of the molecule is CCCC(NCC)SC. The summed E-state index contributed by atoms with van der Waals surface area (Å²) in [6.45, 7) is 5.46. The van der Waals surface area contributed by atoms with Gasteiger partial charge in [-0.05, 0) is 19.2 Å². The summed E-state index contributed by atoms with van der Waals surface area (Å²) in [5, 5.41) is 4.08. The molecule has 0 aliphatic heterocycles.